The summed E-state index contributed by atoms with van der Waals surface area (Å²) in [5.41, 5.74) is 0. The number of hydrogen-bond acceptors (Lipinski definition) is 2. The third-order valence-corrected chi connectivity index (χ3v) is 4.02. The predicted octanol–water partition coefficient (Wildman–Crippen LogP) is 2.58. The molecule has 0 aromatic carbocycles. The van der Waals surface area contributed by atoms with Crippen LogP contribution in [0.4, 0.5) is 0 Å². The Bertz CT molecular complexity index is 191. The van der Waals surface area contributed by atoms with E-state index in [-0.39, 0.29) is 0 Å². The highest BCUT2D eigenvalue weighted by Crippen LogP contribution is 2.34. The van der Waals surface area contributed by atoms with Crippen LogP contribution in [0.5, 0.6) is 0 Å². The molecule has 1 saturated carbocycles. The Hall–Kier alpha value is -0.0800. The van der Waals surface area contributed by atoms with Gasteiger partial charge in [-0.2, -0.15) is 0 Å². The first kappa shape index (κ1) is 11.4. The third kappa shape index (κ3) is 2.94. The maximum Gasteiger partial charge on any atom is 0.0613 e. The fraction of sp³-hybridized carbons (Fsp3) is 1.00. The summed E-state index contributed by atoms with van der Waals surface area (Å²) < 4.78 is 5.72. The number of rotatable bonds is 6. The van der Waals surface area contributed by atoms with Crippen LogP contribution < -0.4 is 5.32 Å². The second-order valence-corrected chi connectivity index (χ2v) is 5.13. The Kier molecular flexibility index (Phi) is 4.04. The molecule has 1 heterocycles. The lowest BCUT2D eigenvalue weighted by atomic mass is 9.98. The second kappa shape index (κ2) is 5.31. The summed E-state index contributed by atoms with van der Waals surface area (Å²) in [6.07, 6.45) is 7.14. The molecule has 0 aromatic rings. The summed E-state index contributed by atoms with van der Waals surface area (Å²) in [6.45, 7) is 6.69. The number of ether oxygens (including phenoxy) is 1. The smallest absolute Gasteiger partial charge is 0.0613 e. The van der Waals surface area contributed by atoms with E-state index in [2.05, 4.69) is 19.2 Å². The van der Waals surface area contributed by atoms with Gasteiger partial charge in [-0.25, -0.2) is 0 Å². The van der Waals surface area contributed by atoms with Crippen LogP contribution in [0.2, 0.25) is 0 Å². The van der Waals surface area contributed by atoms with Gasteiger partial charge < -0.3 is 10.1 Å². The van der Waals surface area contributed by atoms with Crippen molar-refractivity contribution in [2.75, 3.05) is 13.2 Å². The number of hydrogen-bond donors (Lipinski definition) is 1. The van der Waals surface area contributed by atoms with Crippen molar-refractivity contribution in [1.29, 1.82) is 0 Å². The van der Waals surface area contributed by atoms with Crippen LogP contribution in [-0.2, 0) is 4.74 Å². The van der Waals surface area contributed by atoms with Crippen molar-refractivity contribution < 1.29 is 4.74 Å². The topological polar surface area (TPSA) is 21.3 Å². The van der Waals surface area contributed by atoms with Crippen molar-refractivity contribution in [3.63, 3.8) is 0 Å². The molecule has 0 spiro atoms. The molecule has 3 atom stereocenters. The van der Waals surface area contributed by atoms with Gasteiger partial charge in [0, 0.05) is 19.2 Å². The van der Waals surface area contributed by atoms with Gasteiger partial charge in [-0.3, -0.25) is 0 Å². The van der Waals surface area contributed by atoms with Crippen molar-refractivity contribution in [2.24, 2.45) is 11.8 Å². The zero-order valence-electron chi connectivity index (χ0n) is 10.2. The highest BCUT2D eigenvalue weighted by Gasteiger charge is 2.32. The summed E-state index contributed by atoms with van der Waals surface area (Å²) in [5.74, 6) is 1.75. The van der Waals surface area contributed by atoms with Gasteiger partial charge in [-0.1, -0.05) is 13.8 Å². The van der Waals surface area contributed by atoms with E-state index in [1.807, 2.05) is 0 Å². The fourth-order valence-corrected chi connectivity index (χ4v) is 2.82. The molecule has 1 N–H and O–H groups in total. The lowest BCUT2D eigenvalue weighted by molar-refractivity contribution is 0.0863. The van der Waals surface area contributed by atoms with Crippen LogP contribution in [0.25, 0.3) is 0 Å². The molecule has 3 unspecified atom stereocenters. The molecule has 15 heavy (non-hydrogen) atoms. The van der Waals surface area contributed by atoms with E-state index in [9.17, 15) is 0 Å². The Morgan fingerprint density at radius 2 is 2.07 bits per heavy atom. The molecular weight excluding hydrogens is 186 g/mol. The van der Waals surface area contributed by atoms with Crippen LogP contribution in [0.15, 0.2) is 0 Å². The molecule has 1 aliphatic heterocycles. The molecule has 0 radical (unpaired) electrons. The van der Waals surface area contributed by atoms with Gasteiger partial charge >= 0.3 is 0 Å². The van der Waals surface area contributed by atoms with Crippen molar-refractivity contribution in [3.8, 4) is 0 Å². The van der Waals surface area contributed by atoms with Gasteiger partial charge in [0.2, 0.25) is 0 Å². The van der Waals surface area contributed by atoms with Crippen molar-refractivity contribution in [2.45, 2.75) is 58.1 Å². The molecule has 1 saturated heterocycles. The maximum atomic E-state index is 5.72. The summed E-state index contributed by atoms with van der Waals surface area (Å²) in [5, 5.41) is 3.76. The van der Waals surface area contributed by atoms with E-state index in [1.165, 1.54) is 38.6 Å². The van der Waals surface area contributed by atoms with Crippen LogP contribution >= 0.6 is 0 Å². The molecule has 88 valence electrons. The maximum absolute atomic E-state index is 5.72. The SMILES string of the molecule is CCC(NCC1CCOC1CC)C1CC1. The lowest BCUT2D eigenvalue weighted by Gasteiger charge is -2.22. The van der Waals surface area contributed by atoms with Gasteiger partial charge in [-0.05, 0) is 43.9 Å². The normalized spacial score (nSPS) is 33.2. The van der Waals surface area contributed by atoms with Crippen molar-refractivity contribution in [1.82, 2.24) is 5.32 Å². The minimum atomic E-state index is 0.522. The molecule has 0 aromatic heterocycles. The summed E-state index contributed by atoms with van der Waals surface area (Å²) in [6, 6.07) is 0.781. The first-order valence-electron chi connectivity index (χ1n) is 6.70. The molecule has 0 amide bonds. The van der Waals surface area contributed by atoms with Crippen molar-refractivity contribution >= 4 is 0 Å². The van der Waals surface area contributed by atoms with E-state index in [4.69, 9.17) is 4.74 Å². The third-order valence-electron chi connectivity index (χ3n) is 4.02. The van der Waals surface area contributed by atoms with E-state index in [0.717, 1.165) is 24.5 Å². The van der Waals surface area contributed by atoms with Gasteiger partial charge in [-0.15, -0.1) is 0 Å². The van der Waals surface area contributed by atoms with Crippen LogP contribution in [0.3, 0.4) is 0 Å². The number of nitrogens with one attached hydrogen (secondary N) is 1. The van der Waals surface area contributed by atoms with Crippen LogP contribution in [0, 0.1) is 11.8 Å². The largest absolute Gasteiger partial charge is 0.378 e. The fourth-order valence-electron chi connectivity index (χ4n) is 2.82. The van der Waals surface area contributed by atoms with E-state index < -0.39 is 0 Å². The second-order valence-electron chi connectivity index (χ2n) is 5.13. The van der Waals surface area contributed by atoms with E-state index >= 15 is 0 Å². The summed E-state index contributed by atoms with van der Waals surface area (Å²) in [7, 11) is 0. The van der Waals surface area contributed by atoms with Crippen LogP contribution in [-0.4, -0.2) is 25.3 Å². The van der Waals surface area contributed by atoms with Gasteiger partial charge in [0.25, 0.3) is 0 Å². The highest BCUT2D eigenvalue weighted by atomic mass is 16.5. The molecule has 1 aliphatic carbocycles. The zero-order chi connectivity index (χ0) is 10.7. The minimum absolute atomic E-state index is 0.522. The standard InChI is InChI=1S/C13H25NO/c1-3-12(10-5-6-10)14-9-11-7-8-15-13(11)4-2/h10-14H,3-9H2,1-2H3. The average molecular weight is 211 g/mol. The molecule has 2 aliphatic rings. The van der Waals surface area contributed by atoms with Gasteiger partial charge in [0.05, 0.1) is 6.10 Å². The Morgan fingerprint density at radius 1 is 1.27 bits per heavy atom. The summed E-state index contributed by atoms with van der Waals surface area (Å²) in [4.78, 5) is 0. The Labute approximate surface area is 93.8 Å². The van der Waals surface area contributed by atoms with Gasteiger partial charge in [0.1, 0.15) is 0 Å². The predicted molar refractivity (Wildman–Crippen MR) is 62.9 cm³/mol. The van der Waals surface area contributed by atoms with E-state index in [0.29, 0.717) is 6.10 Å². The molecule has 0 bridgehead atoms. The zero-order valence-corrected chi connectivity index (χ0v) is 10.2. The summed E-state index contributed by atoms with van der Waals surface area (Å²) >= 11 is 0. The monoisotopic (exact) mass is 211 g/mol. The first-order valence-corrected chi connectivity index (χ1v) is 6.70. The highest BCUT2D eigenvalue weighted by molar-refractivity contribution is 4.87. The van der Waals surface area contributed by atoms with Gasteiger partial charge in [0.15, 0.2) is 0 Å². The molecule has 2 heteroatoms. The molecule has 2 rings (SSSR count). The minimum Gasteiger partial charge on any atom is -0.378 e. The Balaban J connectivity index is 1.71. The molecular formula is C13H25NO. The first-order chi connectivity index (χ1) is 7.35. The van der Waals surface area contributed by atoms with Crippen molar-refractivity contribution in [3.05, 3.63) is 0 Å². The molecule has 2 nitrogen and oxygen atoms in total. The lowest BCUT2D eigenvalue weighted by Crippen LogP contribution is -2.36. The van der Waals surface area contributed by atoms with E-state index in [1.54, 1.807) is 0 Å². The Morgan fingerprint density at radius 3 is 2.67 bits per heavy atom. The quantitative estimate of drug-likeness (QED) is 0.729. The van der Waals surface area contributed by atoms with Crippen LogP contribution in [0.1, 0.15) is 46.0 Å². The molecule has 2 fully saturated rings. The average Bonchev–Trinajstić information content (AvgIpc) is 2.98.